The summed E-state index contributed by atoms with van der Waals surface area (Å²) in [4.78, 5) is 23.0. The summed E-state index contributed by atoms with van der Waals surface area (Å²) in [5.41, 5.74) is 1.35. The highest BCUT2D eigenvalue weighted by Crippen LogP contribution is 2.39. The van der Waals surface area contributed by atoms with Crippen LogP contribution in [0.1, 0.15) is 50.1 Å². The molecule has 3 aromatic rings. The SMILES string of the molecule is CN1C=CC=CC1C1(C#N)CCN(Cc2cc3c(=O)n(C4CCCCC4O)cnc3c3ccccc23)CC1. The average Bonchev–Trinajstić information content (AvgIpc) is 2.95. The number of nitrogens with zero attached hydrogens (tertiary/aromatic N) is 5. The van der Waals surface area contributed by atoms with Crippen LogP contribution in [0.5, 0.6) is 0 Å². The van der Waals surface area contributed by atoms with Crippen LogP contribution >= 0.6 is 0 Å². The standard InChI is InChI=1S/C31H35N5O2/c1-34-15-7-6-12-28(34)31(20-32)13-16-35(17-14-31)19-22-18-25-29(24-9-3-2-8-23(22)24)33-21-36(30(25)38)26-10-4-5-11-27(26)37/h2-3,6-9,12,15,18,21,26-28,37H,4-5,10-11,13-14,16-17,19H2,1H3. The lowest BCUT2D eigenvalue weighted by Crippen LogP contribution is -2.49. The molecule has 2 fully saturated rings. The second-order valence-electron chi connectivity index (χ2n) is 11.2. The predicted octanol–water partition coefficient (Wildman–Crippen LogP) is 4.52. The molecule has 0 bridgehead atoms. The van der Waals surface area contributed by atoms with Gasteiger partial charge in [-0.05, 0) is 55.0 Å². The van der Waals surface area contributed by atoms with Crippen LogP contribution in [0.15, 0.2) is 65.9 Å². The fourth-order valence-electron chi connectivity index (χ4n) is 6.81. The predicted molar refractivity (Wildman–Crippen MR) is 149 cm³/mol. The Hall–Kier alpha value is -3.47. The molecule has 0 radical (unpaired) electrons. The first-order valence-electron chi connectivity index (χ1n) is 13.8. The van der Waals surface area contributed by atoms with E-state index in [0.29, 0.717) is 11.9 Å². The number of nitriles is 1. The number of hydrogen-bond acceptors (Lipinski definition) is 6. The number of benzene rings is 2. The van der Waals surface area contributed by atoms with Crippen LogP contribution in [-0.2, 0) is 6.54 Å². The van der Waals surface area contributed by atoms with E-state index in [9.17, 15) is 15.2 Å². The molecule has 1 N–H and O–H groups in total. The van der Waals surface area contributed by atoms with Crippen molar-refractivity contribution >= 4 is 21.7 Å². The van der Waals surface area contributed by atoms with E-state index in [1.165, 1.54) is 0 Å². The molecule has 3 heterocycles. The smallest absolute Gasteiger partial charge is 0.261 e. The monoisotopic (exact) mass is 509 g/mol. The third-order valence-electron chi connectivity index (χ3n) is 9.02. The minimum Gasteiger partial charge on any atom is -0.391 e. The van der Waals surface area contributed by atoms with Gasteiger partial charge in [-0.15, -0.1) is 0 Å². The molecule has 196 valence electrons. The van der Waals surface area contributed by atoms with E-state index in [1.54, 1.807) is 10.9 Å². The van der Waals surface area contributed by atoms with E-state index < -0.39 is 11.5 Å². The number of aromatic nitrogens is 2. The topological polar surface area (TPSA) is 85.4 Å². The number of piperidine rings is 1. The van der Waals surface area contributed by atoms with E-state index in [0.717, 1.165) is 73.5 Å². The van der Waals surface area contributed by atoms with Crippen LogP contribution in [0.25, 0.3) is 21.7 Å². The van der Waals surface area contributed by atoms with Gasteiger partial charge in [-0.3, -0.25) is 14.3 Å². The van der Waals surface area contributed by atoms with E-state index in [4.69, 9.17) is 4.98 Å². The van der Waals surface area contributed by atoms with Crippen molar-refractivity contribution in [2.24, 2.45) is 5.41 Å². The summed E-state index contributed by atoms with van der Waals surface area (Å²) in [5.74, 6) is 0. The van der Waals surface area contributed by atoms with E-state index >= 15 is 0 Å². The van der Waals surface area contributed by atoms with E-state index in [2.05, 4.69) is 28.0 Å². The fourth-order valence-corrected chi connectivity index (χ4v) is 6.81. The Morgan fingerprint density at radius 2 is 1.87 bits per heavy atom. The number of likely N-dealkylation sites (N-methyl/N-ethyl adjacent to an activating group) is 1. The van der Waals surface area contributed by atoms with Crippen LogP contribution in [0.2, 0.25) is 0 Å². The first-order valence-corrected chi connectivity index (χ1v) is 13.8. The molecule has 7 nitrogen and oxygen atoms in total. The van der Waals surface area contributed by atoms with Crippen molar-refractivity contribution in [3.8, 4) is 6.07 Å². The maximum atomic E-state index is 13.7. The summed E-state index contributed by atoms with van der Waals surface area (Å²) in [6, 6.07) is 12.8. The van der Waals surface area contributed by atoms with Gasteiger partial charge >= 0.3 is 0 Å². The first-order chi connectivity index (χ1) is 18.5. The van der Waals surface area contributed by atoms with Gasteiger partial charge < -0.3 is 10.0 Å². The number of likely N-dealkylation sites (tertiary alicyclic amines) is 1. The van der Waals surface area contributed by atoms with E-state index in [1.807, 2.05) is 49.7 Å². The Bertz CT molecular complexity index is 1510. The average molecular weight is 510 g/mol. The van der Waals surface area contributed by atoms with E-state index in [-0.39, 0.29) is 17.6 Å². The number of fused-ring (bicyclic) bond motifs is 3. The molecule has 6 rings (SSSR count). The zero-order valence-corrected chi connectivity index (χ0v) is 22.0. The number of aliphatic hydroxyl groups is 1. The minimum atomic E-state index is -0.511. The lowest BCUT2D eigenvalue weighted by molar-refractivity contribution is 0.0735. The summed E-state index contributed by atoms with van der Waals surface area (Å²) < 4.78 is 1.66. The van der Waals surface area contributed by atoms with Gasteiger partial charge in [0, 0.05) is 32.1 Å². The zero-order valence-electron chi connectivity index (χ0n) is 22.0. The normalized spacial score (nSPS) is 25.6. The van der Waals surface area contributed by atoms with Gasteiger partial charge in [0.15, 0.2) is 0 Å². The van der Waals surface area contributed by atoms with Crippen LogP contribution in [0.4, 0.5) is 0 Å². The van der Waals surface area contributed by atoms with Gasteiger partial charge in [0.2, 0.25) is 0 Å². The fraction of sp³-hybridized carbons (Fsp3) is 0.452. The summed E-state index contributed by atoms with van der Waals surface area (Å²) in [7, 11) is 2.05. The largest absolute Gasteiger partial charge is 0.391 e. The zero-order chi connectivity index (χ0) is 26.3. The molecule has 0 amide bonds. The molecule has 1 aliphatic carbocycles. The number of aliphatic hydroxyl groups excluding tert-OH is 1. The summed E-state index contributed by atoms with van der Waals surface area (Å²) in [6.45, 7) is 2.37. The first kappa shape index (κ1) is 24.8. The summed E-state index contributed by atoms with van der Waals surface area (Å²) in [6.07, 6.45) is 14.5. The Morgan fingerprint density at radius 3 is 2.61 bits per heavy atom. The van der Waals surface area contributed by atoms with Crippen LogP contribution < -0.4 is 5.56 Å². The Morgan fingerprint density at radius 1 is 1.11 bits per heavy atom. The van der Waals surface area contributed by atoms with Crippen LogP contribution in [0.3, 0.4) is 0 Å². The number of hydrogen-bond donors (Lipinski definition) is 1. The molecule has 2 aromatic carbocycles. The molecule has 1 saturated heterocycles. The van der Waals surface area contributed by atoms with Gasteiger partial charge in [-0.1, -0.05) is 49.3 Å². The lowest BCUT2D eigenvalue weighted by atomic mass is 9.72. The van der Waals surface area contributed by atoms with Crippen molar-refractivity contribution in [2.75, 3.05) is 20.1 Å². The summed E-state index contributed by atoms with van der Waals surface area (Å²) >= 11 is 0. The van der Waals surface area contributed by atoms with Gasteiger partial charge in [-0.25, -0.2) is 4.98 Å². The van der Waals surface area contributed by atoms with Crippen molar-refractivity contribution in [3.05, 3.63) is 77.0 Å². The lowest BCUT2D eigenvalue weighted by Gasteiger charge is -2.44. The van der Waals surface area contributed by atoms with Gasteiger partial charge in [0.05, 0.1) is 46.9 Å². The van der Waals surface area contributed by atoms with Gasteiger partial charge in [-0.2, -0.15) is 5.26 Å². The molecule has 7 heteroatoms. The Labute approximate surface area is 223 Å². The maximum Gasteiger partial charge on any atom is 0.261 e. The van der Waals surface area contributed by atoms with Gasteiger partial charge in [0.1, 0.15) is 0 Å². The minimum absolute atomic E-state index is 0.0738. The van der Waals surface area contributed by atoms with Crippen molar-refractivity contribution in [2.45, 2.75) is 63.3 Å². The quantitative estimate of drug-likeness (QED) is 0.521. The molecule has 3 atom stereocenters. The molecular formula is C31H35N5O2. The van der Waals surface area contributed by atoms with Gasteiger partial charge in [0.25, 0.3) is 5.56 Å². The molecule has 1 aromatic heterocycles. The molecule has 1 saturated carbocycles. The summed E-state index contributed by atoms with van der Waals surface area (Å²) in [5, 5.41) is 23.5. The maximum absolute atomic E-state index is 13.7. The van der Waals surface area contributed by atoms with Crippen LogP contribution in [-0.4, -0.2) is 56.7 Å². The number of allylic oxidation sites excluding steroid dienone is 2. The third-order valence-corrected chi connectivity index (χ3v) is 9.02. The second kappa shape index (κ2) is 10.0. The molecule has 3 unspecified atom stereocenters. The highest BCUT2D eigenvalue weighted by atomic mass is 16.3. The van der Waals surface area contributed by atoms with Crippen LogP contribution in [0, 0.1) is 16.7 Å². The second-order valence-corrected chi connectivity index (χ2v) is 11.2. The van der Waals surface area contributed by atoms with Crippen molar-refractivity contribution in [3.63, 3.8) is 0 Å². The van der Waals surface area contributed by atoms with Crippen molar-refractivity contribution in [1.82, 2.24) is 19.4 Å². The third kappa shape index (κ3) is 4.22. The van der Waals surface area contributed by atoms with Crippen molar-refractivity contribution in [1.29, 1.82) is 5.26 Å². The Kier molecular flexibility index (Phi) is 6.55. The molecule has 3 aliphatic rings. The van der Waals surface area contributed by atoms with Crippen molar-refractivity contribution < 1.29 is 5.11 Å². The highest BCUT2D eigenvalue weighted by molar-refractivity contribution is 6.06. The number of rotatable bonds is 4. The molecule has 38 heavy (non-hydrogen) atoms. The molecule has 2 aliphatic heterocycles. The Balaban J connectivity index is 1.32. The molecule has 0 spiro atoms. The highest BCUT2D eigenvalue weighted by Gasteiger charge is 2.42. The molecular weight excluding hydrogens is 474 g/mol.